The molecule has 1 aromatic rings. The third-order valence-corrected chi connectivity index (χ3v) is 3.69. The SMILES string of the molecule is CC1CCNCC(CN(C)C)N1c1ccc(F)cc1. The number of hydrogen-bond acceptors (Lipinski definition) is 3. The van der Waals surface area contributed by atoms with Gasteiger partial charge in [-0.15, -0.1) is 0 Å². The molecule has 106 valence electrons. The smallest absolute Gasteiger partial charge is 0.123 e. The highest BCUT2D eigenvalue weighted by Crippen LogP contribution is 2.23. The van der Waals surface area contributed by atoms with Gasteiger partial charge in [-0.25, -0.2) is 4.39 Å². The van der Waals surface area contributed by atoms with Crippen LogP contribution in [-0.2, 0) is 0 Å². The summed E-state index contributed by atoms with van der Waals surface area (Å²) in [6, 6.07) is 7.75. The van der Waals surface area contributed by atoms with Crippen molar-refractivity contribution < 1.29 is 4.39 Å². The fraction of sp³-hybridized carbons (Fsp3) is 0.600. The number of nitrogens with zero attached hydrogens (tertiary/aromatic N) is 2. The molecule has 1 saturated heterocycles. The molecule has 1 aromatic carbocycles. The van der Waals surface area contributed by atoms with Gasteiger partial charge in [0.05, 0.1) is 6.04 Å². The molecule has 4 heteroatoms. The minimum Gasteiger partial charge on any atom is -0.363 e. The second-order valence-corrected chi connectivity index (χ2v) is 5.64. The Hall–Kier alpha value is -1.13. The Bertz CT molecular complexity index is 391. The lowest BCUT2D eigenvalue weighted by atomic mass is 10.1. The molecule has 0 radical (unpaired) electrons. The van der Waals surface area contributed by atoms with Gasteiger partial charge in [-0.2, -0.15) is 0 Å². The third kappa shape index (κ3) is 3.67. The maximum absolute atomic E-state index is 13.1. The van der Waals surface area contributed by atoms with E-state index in [4.69, 9.17) is 0 Å². The molecule has 1 aliphatic rings. The van der Waals surface area contributed by atoms with Gasteiger partial charge in [0.2, 0.25) is 0 Å². The van der Waals surface area contributed by atoms with Crippen molar-refractivity contribution in [3.05, 3.63) is 30.1 Å². The highest BCUT2D eigenvalue weighted by atomic mass is 19.1. The van der Waals surface area contributed by atoms with E-state index >= 15 is 0 Å². The van der Waals surface area contributed by atoms with Crippen LogP contribution < -0.4 is 10.2 Å². The Labute approximate surface area is 115 Å². The van der Waals surface area contributed by atoms with Crippen LogP contribution in [0.3, 0.4) is 0 Å². The van der Waals surface area contributed by atoms with Crippen molar-refractivity contribution in [2.45, 2.75) is 25.4 Å². The number of likely N-dealkylation sites (N-methyl/N-ethyl adjacent to an activating group) is 1. The minimum absolute atomic E-state index is 0.173. The second-order valence-electron chi connectivity index (χ2n) is 5.64. The van der Waals surface area contributed by atoms with Crippen molar-refractivity contribution in [1.29, 1.82) is 0 Å². The number of benzene rings is 1. The van der Waals surface area contributed by atoms with Crippen molar-refractivity contribution in [2.24, 2.45) is 0 Å². The summed E-state index contributed by atoms with van der Waals surface area (Å²) >= 11 is 0. The maximum Gasteiger partial charge on any atom is 0.123 e. The summed E-state index contributed by atoms with van der Waals surface area (Å²) in [7, 11) is 4.19. The van der Waals surface area contributed by atoms with E-state index in [1.807, 2.05) is 12.1 Å². The molecule has 19 heavy (non-hydrogen) atoms. The van der Waals surface area contributed by atoms with E-state index in [2.05, 4.69) is 36.1 Å². The van der Waals surface area contributed by atoms with Crippen molar-refractivity contribution in [3.63, 3.8) is 0 Å². The van der Waals surface area contributed by atoms with E-state index in [0.717, 1.165) is 31.7 Å². The van der Waals surface area contributed by atoms with Crippen LogP contribution in [0.5, 0.6) is 0 Å². The lowest BCUT2D eigenvalue weighted by molar-refractivity contribution is 0.354. The summed E-state index contributed by atoms with van der Waals surface area (Å²) in [5.74, 6) is -0.173. The highest BCUT2D eigenvalue weighted by Gasteiger charge is 2.26. The first-order valence-electron chi connectivity index (χ1n) is 6.97. The average Bonchev–Trinajstić information content (AvgIpc) is 2.52. The van der Waals surface area contributed by atoms with Crippen LogP contribution in [-0.4, -0.2) is 50.7 Å². The molecule has 0 spiro atoms. The van der Waals surface area contributed by atoms with Crippen molar-refractivity contribution in [2.75, 3.05) is 38.6 Å². The van der Waals surface area contributed by atoms with Gasteiger partial charge >= 0.3 is 0 Å². The van der Waals surface area contributed by atoms with Crippen LogP contribution in [0.15, 0.2) is 24.3 Å². The van der Waals surface area contributed by atoms with Crippen LogP contribution in [0.4, 0.5) is 10.1 Å². The van der Waals surface area contributed by atoms with Gasteiger partial charge < -0.3 is 15.1 Å². The molecular weight excluding hydrogens is 241 g/mol. The lowest BCUT2D eigenvalue weighted by Crippen LogP contribution is -2.49. The molecule has 0 amide bonds. The zero-order chi connectivity index (χ0) is 13.8. The molecule has 1 fully saturated rings. The topological polar surface area (TPSA) is 18.5 Å². The zero-order valence-electron chi connectivity index (χ0n) is 12.1. The van der Waals surface area contributed by atoms with Crippen LogP contribution >= 0.6 is 0 Å². The Morgan fingerprint density at radius 1 is 1.32 bits per heavy atom. The summed E-state index contributed by atoms with van der Waals surface area (Å²) in [6.45, 7) is 5.26. The zero-order valence-corrected chi connectivity index (χ0v) is 12.1. The van der Waals surface area contributed by atoms with Gasteiger partial charge in [-0.3, -0.25) is 0 Å². The lowest BCUT2D eigenvalue weighted by Gasteiger charge is -2.38. The van der Waals surface area contributed by atoms with Crippen molar-refractivity contribution in [1.82, 2.24) is 10.2 Å². The van der Waals surface area contributed by atoms with E-state index in [-0.39, 0.29) is 5.82 Å². The van der Waals surface area contributed by atoms with Gasteiger partial charge in [-0.1, -0.05) is 0 Å². The second kappa shape index (κ2) is 6.35. The monoisotopic (exact) mass is 265 g/mol. The number of halogens is 1. The van der Waals surface area contributed by atoms with Crippen LogP contribution in [0.2, 0.25) is 0 Å². The molecule has 2 rings (SSSR count). The minimum atomic E-state index is -0.173. The highest BCUT2D eigenvalue weighted by molar-refractivity contribution is 5.49. The van der Waals surface area contributed by atoms with Gasteiger partial charge in [0.15, 0.2) is 0 Å². The molecule has 0 saturated carbocycles. The van der Waals surface area contributed by atoms with Crippen molar-refractivity contribution in [3.8, 4) is 0 Å². The molecule has 3 nitrogen and oxygen atoms in total. The molecule has 2 unspecified atom stereocenters. The largest absolute Gasteiger partial charge is 0.363 e. The van der Waals surface area contributed by atoms with Gasteiger partial charge in [0, 0.05) is 24.8 Å². The fourth-order valence-corrected chi connectivity index (χ4v) is 2.83. The molecule has 0 aliphatic carbocycles. The standard InChI is InChI=1S/C15H24FN3/c1-12-8-9-17-10-15(11-18(2)3)19(12)14-6-4-13(16)5-7-14/h4-7,12,15,17H,8-11H2,1-3H3. The molecule has 0 aromatic heterocycles. The van der Waals surface area contributed by atoms with E-state index in [0.29, 0.717) is 12.1 Å². The molecule has 1 aliphatic heterocycles. The summed E-state index contributed by atoms with van der Waals surface area (Å²) in [6.07, 6.45) is 1.11. The van der Waals surface area contributed by atoms with E-state index < -0.39 is 0 Å². The number of hydrogen-bond donors (Lipinski definition) is 1. The van der Waals surface area contributed by atoms with Crippen LogP contribution in [0, 0.1) is 5.82 Å². The quantitative estimate of drug-likeness (QED) is 0.901. The molecule has 0 bridgehead atoms. The fourth-order valence-electron chi connectivity index (χ4n) is 2.83. The Balaban J connectivity index is 2.25. The Kier molecular flexibility index (Phi) is 4.77. The van der Waals surface area contributed by atoms with Gasteiger partial charge in [-0.05, 0) is 58.3 Å². The molecular formula is C15H24FN3. The maximum atomic E-state index is 13.1. The first kappa shape index (κ1) is 14.3. The molecule has 1 N–H and O–H groups in total. The predicted octanol–water partition coefficient (Wildman–Crippen LogP) is 1.94. The average molecular weight is 265 g/mol. The van der Waals surface area contributed by atoms with Gasteiger partial charge in [0.25, 0.3) is 0 Å². The molecule has 1 heterocycles. The van der Waals surface area contributed by atoms with E-state index in [9.17, 15) is 4.39 Å². The predicted molar refractivity (Wildman–Crippen MR) is 78.2 cm³/mol. The first-order chi connectivity index (χ1) is 9.08. The van der Waals surface area contributed by atoms with Crippen molar-refractivity contribution >= 4 is 5.69 Å². The number of nitrogens with one attached hydrogen (secondary N) is 1. The van der Waals surface area contributed by atoms with Crippen LogP contribution in [0.1, 0.15) is 13.3 Å². The summed E-state index contributed by atoms with van der Waals surface area (Å²) in [5.41, 5.74) is 1.12. The summed E-state index contributed by atoms with van der Waals surface area (Å²) in [4.78, 5) is 4.64. The third-order valence-electron chi connectivity index (χ3n) is 3.69. The van der Waals surface area contributed by atoms with Gasteiger partial charge in [0.1, 0.15) is 5.82 Å². The normalized spacial score (nSPS) is 24.6. The first-order valence-corrected chi connectivity index (χ1v) is 6.97. The van der Waals surface area contributed by atoms with E-state index in [1.54, 1.807) is 12.1 Å². The molecule has 2 atom stereocenters. The number of anilines is 1. The number of rotatable bonds is 3. The van der Waals surface area contributed by atoms with Crippen LogP contribution in [0.25, 0.3) is 0 Å². The Morgan fingerprint density at radius 3 is 2.63 bits per heavy atom. The summed E-state index contributed by atoms with van der Waals surface area (Å²) < 4.78 is 13.1. The van der Waals surface area contributed by atoms with E-state index in [1.165, 1.54) is 0 Å². The Morgan fingerprint density at radius 2 is 2.00 bits per heavy atom. The summed E-state index contributed by atoms with van der Waals surface area (Å²) in [5, 5.41) is 3.50.